The van der Waals surface area contributed by atoms with Gasteiger partial charge in [0.1, 0.15) is 6.61 Å². The van der Waals surface area contributed by atoms with Crippen LogP contribution in [-0.4, -0.2) is 37.0 Å². The van der Waals surface area contributed by atoms with Gasteiger partial charge in [0.25, 0.3) is 0 Å². The number of rotatable bonds is 5. The number of halogens is 3. The topological polar surface area (TPSA) is 80.7 Å². The number of esters is 1. The number of alkyl halides is 3. The SMILES string of the molecule is O=C(OCC(F)C(F)(F)S(=O)(=O)O)C12CC3CC(CC(C3)C1)C2. The molecule has 0 aromatic heterocycles. The molecule has 4 rings (SSSR count). The maximum Gasteiger partial charge on any atom is 0.403 e. The molecule has 5 nitrogen and oxygen atoms in total. The summed E-state index contributed by atoms with van der Waals surface area (Å²) in [4.78, 5) is 12.3. The molecule has 4 saturated carbocycles. The summed E-state index contributed by atoms with van der Waals surface area (Å²) in [6.45, 7) is -1.38. The molecule has 132 valence electrons. The Labute approximate surface area is 132 Å². The van der Waals surface area contributed by atoms with Gasteiger partial charge >= 0.3 is 21.3 Å². The second kappa shape index (κ2) is 5.34. The second-order valence-electron chi connectivity index (χ2n) is 7.30. The summed E-state index contributed by atoms with van der Waals surface area (Å²) in [7, 11) is -5.89. The van der Waals surface area contributed by atoms with E-state index in [1.807, 2.05) is 0 Å². The Bertz CT molecular complexity index is 568. The Morgan fingerprint density at radius 3 is 2.00 bits per heavy atom. The molecule has 4 bridgehead atoms. The van der Waals surface area contributed by atoms with Crippen molar-refractivity contribution in [2.75, 3.05) is 6.61 Å². The van der Waals surface area contributed by atoms with Crippen molar-refractivity contribution in [2.24, 2.45) is 23.2 Å². The number of carbonyl (C=O) groups excluding carboxylic acids is 1. The van der Waals surface area contributed by atoms with E-state index >= 15 is 0 Å². The van der Waals surface area contributed by atoms with Gasteiger partial charge in [0.05, 0.1) is 5.41 Å². The van der Waals surface area contributed by atoms with E-state index in [1.165, 1.54) is 0 Å². The van der Waals surface area contributed by atoms with Crippen molar-refractivity contribution in [2.45, 2.75) is 50.0 Å². The predicted octanol–water partition coefficient (Wildman–Crippen LogP) is 2.56. The molecule has 0 aromatic carbocycles. The van der Waals surface area contributed by atoms with E-state index in [1.54, 1.807) is 0 Å². The molecular weight excluding hydrogens is 337 g/mol. The molecule has 0 aromatic rings. The van der Waals surface area contributed by atoms with E-state index < -0.39 is 39.5 Å². The molecule has 1 atom stereocenters. The van der Waals surface area contributed by atoms with Crippen molar-refractivity contribution in [1.29, 1.82) is 0 Å². The van der Waals surface area contributed by atoms with Crippen LogP contribution < -0.4 is 0 Å². The van der Waals surface area contributed by atoms with E-state index in [2.05, 4.69) is 0 Å². The number of ether oxygens (including phenoxy) is 1. The second-order valence-corrected chi connectivity index (χ2v) is 8.80. The maximum absolute atomic E-state index is 13.4. The summed E-state index contributed by atoms with van der Waals surface area (Å²) in [6.07, 6.45) is 1.80. The van der Waals surface area contributed by atoms with Crippen molar-refractivity contribution < 1.29 is 35.7 Å². The number of hydrogen-bond acceptors (Lipinski definition) is 4. The number of hydrogen-bond donors (Lipinski definition) is 1. The van der Waals surface area contributed by atoms with Crippen molar-refractivity contribution in [3.05, 3.63) is 0 Å². The molecule has 0 spiro atoms. The average molecular weight is 356 g/mol. The lowest BCUT2D eigenvalue weighted by Crippen LogP contribution is -2.51. The predicted molar refractivity (Wildman–Crippen MR) is 73.0 cm³/mol. The normalized spacial score (nSPS) is 37.7. The quantitative estimate of drug-likeness (QED) is 0.605. The van der Waals surface area contributed by atoms with Gasteiger partial charge in [0, 0.05) is 0 Å². The fourth-order valence-corrected chi connectivity index (χ4v) is 5.31. The minimum atomic E-state index is -5.89. The van der Waals surface area contributed by atoms with Crippen molar-refractivity contribution in [3.8, 4) is 0 Å². The van der Waals surface area contributed by atoms with Crippen LogP contribution in [0.2, 0.25) is 0 Å². The zero-order chi connectivity index (χ0) is 17.0. The highest BCUT2D eigenvalue weighted by Crippen LogP contribution is 2.60. The Balaban J connectivity index is 1.64. The molecule has 9 heteroatoms. The average Bonchev–Trinajstić information content (AvgIpc) is 2.41. The van der Waals surface area contributed by atoms with Gasteiger partial charge in [-0.05, 0) is 56.3 Å². The van der Waals surface area contributed by atoms with E-state index in [0.717, 1.165) is 19.3 Å². The van der Waals surface area contributed by atoms with Crippen molar-refractivity contribution in [1.82, 2.24) is 0 Å². The molecular formula is C14H19F3O5S. The Morgan fingerprint density at radius 1 is 1.17 bits per heavy atom. The molecule has 1 N–H and O–H groups in total. The highest BCUT2D eigenvalue weighted by atomic mass is 32.2. The molecule has 4 aliphatic rings. The van der Waals surface area contributed by atoms with Gasteiger partial charge in [-0.3, -0.25) is 9.35 Å². The highest BCUT2D eigenvalue weighted by Gasteiger charge is 2.57. The minimum Gasteiger partial charge on any atom is -0.462 e. The summed E-state index contributed by atoms with van der Waals surface area (Å²) in [5.41, 5.74) is -0.734. The van der Waals surface area contributed by atoms with Crippen LogP contribution in [0.4, 0.5) is 13.2 Å². The Morgan fingerprint density at radius 2 is 1.61 bits per heavy atom. The van der Waals surface area contributed by atoms with Gasteiger partial charge in [-0.15, -0.1) is 0 Å². The maximum atomic E-state index is 13.4. The lowest BCUT2D eigenvalue weighted by molar-refractivity contribution is -0.175. The lowest BCUT2D eigenvalue weighted by atomic mass is 9.49. The first kappa shape index (κ1) is 17.0. The summed E-state index contributed by atoms with van der Waals surface area (Å²) in [6, 6.07) is 0. The van der Waals surface area contributed by atoms with Crippen LogP contribution in [-0.2, 0) is 19.6 Å². The van der Waals surface area contributed by atoms with Crippen molar-refractivity contribution >= 4 is 16.1 Å². The van der Waals surface area contributed by atoms with Gasteiger partial charge in [-0.1, -0.05) is 0 Å². The third kappa shape index (κ3) is 2.86. The molecule has 0 radical (unpaired) electrons. The van der Waals surface area contributed by atoms with Gasteiger partial charge in [-0.25, -0.2) is 4.39 Å². The third-order valence-electron chi connectivity index (χ3n) is 5.54. The first-order valence-corrected chi connectivity index (χ1v) is 9.14. The van der Waals surface area contributed by atoms with Crippen LogP contribution in [0.5, 0.6) is 0 Å². The van der Waals surface area contributed by atoms with E-state index in [0.29, 0.717) is 37.0 Å². The molecule has 0 aliphatic heterocycles. The first-order chi connectivity index (χ1) is 10.5. The molecule has 0 heterocycles. The summed E-state index contributed by atoms with van der Waals surface area (Å²) < 4.78 is 73.7. The lowest BCUT2D eigenvalue weighted by Gasteiger charge is -2.55. The van der Waals surface area contributed by atoms with Crippen LogP contribution in [0.15, 0.2) is 0 Å². The largest absolute Gasteiger partial charge is 0.462 e. The van der Waals surface area contributed by atoms with Gasteiger partial charge in [-0.2, -0.15) is 17.2 Å². The third-order valence-corrected chi connectivity index (χ3v) is 6.48. The van der Waals surface area contributed by atoms with Gasteiger partial charge in [0.15, 0.2) is 0 Å². The highest BCUT2D eigenvalue weighted by molar-refractivity contribution is 7.86. The molecule has 4 aliphatic carbocycles. The minimum absolute atomic E-state index is 0.425. The van der Waals surface area contributed by atoms with Gasteiger partial charge < -0.3 is 4.74 Å². The van der Waals surface area contributed by atoms with E-state index in [9.17, 15) is 26.4 Å². The molecule has 1 unspecified atom stereocenters. The smallest absolute Gasteiger partial charge is 0.403 e. The summed E-state index contributed by atoms with van der Waals surface area (Å²) in [5, 5.41) is -4.99. The number of carbonyl (C=O) groups is 1. The van der Waals surface area contributed by atoms with Crippen LogP contribution >= 0.6 is 0 Å². The molecule has 0 saturated heterocycles. The monoisotopic (exact) mass is 356 g/mol. The summed E-state index contributed by atoms with van der Waals surface area (Å²) >= 11 is 0. The Hall–Kier alpha value is -0.830. The fraction of sp³-hybridized carbons (Fsp3) is 0.929. The van der Waals surface area contributed by atoms with Gasteiger partial charge in [0.2, 0.25) is 6.17 Å². The van der Waals surface area contributed by atoms with Crippen LogP contribution in [0.1, 0.15) is 38.5 Å². The zero-order valence-corrected chi connectivity index (χ0v) is 13.2. The van der Waals surface area contributed by atoms with Crippen LogP contribution in [0.3, 0.4) is 0 Å². The Kier molecular flexibility index (Phi) is 3.95. The first-order valence-electron chi connectivity index (χ1n) is 7.69. The van der Waals surface area contributed by atoms with E-state index in [4.69, 9.17) is 9.29 Å². The van der Waals surface area contributed by atoms with Crippen LogP contribution in [0.25, 0.3) is 0 Å². The van der Waals surface area contributed by atoms with E-state index in [-0.39, 0.29) is 0 Å². The van der Waals surface area contributed by atoms with Crippen LogP contribution in [0, 0.1) is 23.2 Å². The molecule has 23 heavy (non-hydrogen) atoms. The standard InChI is InChI=1S/C14H19F3O5S/c15-11(14(16,17)23(19,20)21)7-22-12(18)13-4-8-1-9(5-13)3-10(2-8)6-13/h8-11H,1-7H2,(H,19,20,21). The summed E-state index contributed by atoms with van der Waals surface area (Å²) in [5.74, 6) is 0.558. The fourth-order valence-electron chi connectivity index (χ4n) is 4.92. The van der Waals surface area contributed by atoms with Crippen molar-refractivity contribution in [3.63, 3.8) is 0 Å². The zero-order valence-electron chi connectivity index (χ0n) is 12.4. The molecule has 0 amide bonds. The molecule has 4 fully saturated rings.